The highest BCUT2D eigenvalue weighted by Gasteiger charge is 2.36. The number of anilines is 1. The first-order chi connectivity index (χ1) is 14.7. The van der Waals surface area contributed by atoms with Crippen molar-refractivity contribution in [3.8, 4) is 5.75 Å². The number of amides is 1. The van der Waals surface area contributed by atoms with Crippen LogP contribution in [-0.4, -0.2) is 30.8 Å². The van der Waals surface area contributed by atoms with Gasteiger partial charge < -0.3 is 9.64 Å². The Labute approximate surface area is 197 Å². The summed E-state index contributed by atoms with van der Waals surface area (Å²) in [5, 5.41) is 4.70. The minimum Gasteiger partial charge on any atom is -0.484 e. The smallest absolute Gasteiger partial charge is 0.277 e. The number of halogens is 2. The van der Waals surface area contributed by atoms with E-state index in [1.165, 1.54) is 11.3 Å². The summed E-state index contributed by atoms with van der Waals surface area (Å²) in [7, 11) is 0. The topological polar surface area (TPSA) is 53.9 Å². The third-order valence-electron chi connectivity index (χ3n) is 5.51. The molecule has 0 aliphatic carbocycles. The number of rotatable bonds is 7. The molecule has 2 aromatic rings. The van der Waals surface area contributed by atoms with Crippen LogP contribution >= 0.6 is 27.5 Å². The Morgan fingerprint density at radius 3 is 2.87 bits per heavy atom. The predicted molar refractivity (Wildman–Crippen MR) is 132 cm³/mol. The summed E-state index contributed by atoms with van der Waals surface area (Å²) in [6.07, 6.45) is 3.74. The Hall–Kier alpha value is -2.05. The van der Waals surface area contributed by atoms with Crippen molar-refractivity contribution in [1.82, 2.24) is 5.43 Å². The van der Waals surface area contributed by atoms with Gasteiger partial charge in [-0.1, -0.05) is 47.4 Å². The third-order valence-corrected chi connectivity index (χ3v) is 6.33. The van der Waals surface area contributed by atoms with Gasteiger partial charge in [-0.2, -0.15) is 5.10 Å². The van der Waals surface area contributed by atoms with Crippen LogP contribution < -0.4 is 15.1 Å². The Bertz CT molecular complexity index is 977. The fourth-order valence-electron chi connectivity index (χ4n) is 4.18. The number of fused-ring (bicyclic) bond motifs is 1. The molecule has 166 valence electrons. The second kappa shape index (κ2) is 10.0. The van der Waals surface area contributed by atoms with Crippen LogP contribution in [0.3, 0.4) is 0 Å². The van der Waals surface area contributed by atoms with Gasteiger partial charge in [0.25, 0.3) is 5.91 Å². The van der Waals surface area contributed by atoms with E-state index in [1.807, 2.05) is 18.2 Å². The molecule has 1 aliphatic rings. The van der Waals surface area contributed by atoms with Crippen LogP contribution in [0.1, 0.15) is 57.6 Å². The van der Waals surface area contributed by atoms with Crippen molar-refractivity contribution < 1.29 is 9.53 Å². The molecule has 3 rings (SSSR count). The summed E-state index contributed by atoms with van der Waals surface area (Å²) in [6, 6.07) is 11.4. The second-order valence-corrected chi connectivity index (χ2v) is 9.86. The molecule has 31 heavy (non-hydrogen) atoms. The summed E-state index contributed by atoms with van der Waals surface area (Å²) >= 11 is 9.95. The van der Waals surface area contributed by atoms with Gasteiger partial charge in [0, 0.05) is 27.8 Å². The minimum atomic E-state index is -0.338. The van der Waals surface area contributed by atoms with E-state index in [1.54, 1.807) is 18.3 Å². The molecule has 1 heterocycles. The molecule has 7 heteroatoms. The molecule has 0 bridgehead atoms. The summed E-state index contributed by atoms with van der Waals surface area (Å²) < 4.78 is 6.36. The van der Waals surface area contributed by atoms with Crippen LogP contribution in [0.4, 0.5) is 5.69 Å². The third kappa shape index (κ3) is 5.80. The molecule has 0 saturated heterocycles. The van der Waals surface area contributed by atoms with E-state index in [9.17, 15) is 4.79 Å². The van der Waals surface area contributed by atoms with Crippen LogP contribution in [0.25, 0.3) is 0 Å². The normalized spacial score (nSPS) is 17.5. The Morgan fingerprint density at radius 1 is 1.39 bits per heavy atom. The van der Waals surface area contributed by atoms with Gasteiger partial charge >= 0.3 is 0 Å². The molecule has 1 amide bonds. The highest BCUT2D eigenvalue weighted by molar-refractivity contribution is 9.10. The predicted octanol–water partition coefficient (Wildman–Crippen LogP) is 6.13. The van der Waals surface area contributed by atoms with Crippen molar-refractivity contribution in [3.63, 3.8) is 0 Å². The molecule has 0 aromatic heterocycles. The standard InChI is InChI=1S/C24H29BrClN3O2/c1-5-9-29-22-12-21(26)17(10-20(22)16(2)13-24(29,3)4)14-27-28-23(30)15-31-19-8-6-7-18(25)11-19/h6-8,10-12,14,16H,5,9,13,15H2,1-4H3,(H,28,30)/b27-14+. The van der Waals surface area contributed by atoms with E-state index in [2.05, 4.69) is 65.1 Å². The van der Waals surface area contributed by atoms with Gasteiger partial charge in [-0.05, 0) is 68.5 Å². The van der Waals surface area contributed by atoms with Crippen molar-refractivity contribution in [3.05, 3.63) is 57.0 Å². The maximum Gasteiger partial charge on any atom is 0.277 e. The second-order valence-electron chi connectivity index (χ2n) is 8.54. The van der Waals surface area contributed by atoms with Crippen LogP contribution in [0.2, 0.25) is 5.02 Å². The first-order valence-electron chi connectivity index (χ1n) is 10.5. The van der Waals surface area contributed by atoms with Gasteiger partial charge in [-0.3, -0.25) is 4.79 Å². The van der Waals surface area contributed by atoms with E-state index in [0.29, 0.717) is 16.7 Å². The molecule has 0 spiro atoms. The van der Waals surface area contributed by atoms with Crippen LogP contribution in [0, 0.1) is 0 Å². The van der Waals surface area contributed by atoms with Crippen LogP contribution in [-0.2, 0) is 4.79 Å². The lowest BCUT2D eigenvalue weighted by molar-refractivity contribution is -0.123. The largest absolute Gasteiger partial charge is 0.484 e. The first kappa shape index (κ1) is 23.6. The summed E-state index contributed by atoms with van der Waals surface area (Å²) in [5.74, 6) is 0.685. The van der Waals surface area contributed by atoms with Gasteiger partial charge in [0.2, 0.25) is 0 Å². The lowest BCUT2D eigenvalue weighted by Gasteiger charge is -2.47. The van der Waals surface area contributed by atoms with E-state index in [0.717, 1.165) is 29.4 Å². The number of nitrogens with zero attached hydrogens (tertiary/aromatic N) is 2. The van der Waals surface area contributed by atoms with Crippen LogP contribution in [0.5, 0.6) is 5.75 Å². The summed E-state index contributed by atoms with van der Waals surface area (Å²) in [6.45, 7) is 9.89. The zero-order valence-electron chi connectivity index (χ0n) is 18.4. The zero-order valence-corrected chi connectivity index (χ0v) is 20.8. The van der Waals surface area contributed by atoms with Gasteiger partial charge in [0.1, 0.15) is 5.75 Å². The highest BCUT2D eigenvalue weighted by Crippen LogP contribution is 2.45. The molecule has 2 aromatic carbocycles. The molecule has 1 N–H and O–H groups in total. The number of hydrogen-bond donors (Lipinski definition) is 1. The van der Waals surface area contributed by atoms with E-state index in [4.69, 9.17) is 16.3 Å². The lowest BCUT2D eigenvalue weighted by Crippen LogP contribution is -2.48. The molecule has 1 atom stereocenters. The Balaban J connectivity index is 1.69. The first-order valence-corrected chi connectivity index (χ1v) is 11.7. The molecule has 0 radical (unpaired) electrons. The van der Waals surface area contributed by atoms with Crippen molar-refractivity contribution in [1.29, 1.82) is 0 Å². The fourth-order valence-corrected chi connectivity index (χ4v) is 4.76. The highest BCUT2D eigenvalue weighted by atomic mass is 79.9. The van der Waals surface area contributed by atoms with Gasteiger partial charge in [0.15, 0.2) is 6.61 Å². The van der Waals surface area contributed by atoms with Gasteiger partial charge in [0.05, 0.1) is 11.2 Å². The van der Waals surface area contributed by atoms with E-state index < -0.39 is 0 Å². The maximum absolute atomic E-state index is 12.0. The zero-order chi connectivity index (χ0) is 22.6. The van der Waals surface area contributed by atoms with Crippen molar-refractivity contribution in [2.24, 2.45) is 5.10 Å². The Morgan fingerprint density at radius 2 is 2.16 bits per heavy atom. The number of carbonyl (C=O) groups is 1. The molecule has 0 saturated carbocycles. The fraction of sp³-hybridized carbons (Fsp3) is 0.417. The minimum absolute atomic E-state index is 0.0870. The number of hydrazone groups is 1. The SMILES string of the molecule is CCCN1c2cc(Cl)c(/C=N/NC(=O)COc3cccc(Br)c3)cc2C(C)CC1(C)C. The maximum atomic E-state index is 12.0. The molecular weight excluding hydrogens is 478 g/mol. The number of benzene rings is 2. The number of nitrogens with one attached hydrogen (secondary N) is 1. The Kier molecular flexibility index (Phi) is 7.65. The average molecular weight is 507 g/mol. The number of carbonyl (C=O) groups excluding carboxylic acids is 1. The summed E-state index contributed by atoms with van der Waals surface area (Å²) in [4.78, 5) is 14.5. The van der Waals surface area contributed by atoms with Gasteiger partial charge in [-0.25, -0.2) is 5.43 Å². The number of hydrogen-bond acceptors (Lipinski definition) is 4. The molecular formula is C24H29BrClN3O2. The number of ether oxygens (including phenoxy) is 1. The van der Waals surface area contributed by atoms with E-state index >= 15 is 0 Å². The van der Waals surface area contributed by atoms with E-state index in [-0.39, 0.29) is 18.1 Å². The van der Waals surface area contributed by atoms with Gasteiger partial charge in [-0.15, -0.1) is 0 Å². The molecule has 1 aliphatic heterocycles. The summed E-state index contributed by atoms with van der Waals surface area (Å²) in [5.41, 5.74) is 5.84. The molecule has 1 unspecified atom stereocenters. The monoisotopic (exact) mass is 505 g/mol. The molecule has 5 nitrogen and oxygen atoms in total. The quantitative estimate of drug-likeness (QED) is 0.363. The molecule has 0 fully saturated rings. The van der Waals surface area contributed by atoms with Crippen LogP contribution in [0.15, 0.2) is 46.0 Å². The van der Waals surface area contributed by atoms with Crippen molar-refractivity contribution >= 4 is 45.3 Å². The van der Waals surface area contributed by atoms with Crippen molar-refractivity contribution in [2.45, 2.75) is 52.0 Å². The van der Waals surface area contributed by atoms with Crippen molar-refractivity contribution in [2.75, 3.05) is 18.1 Å². The lowest BCUT2D eigenvalue weighted by atomic mass is 9.79. The average Bonchev–Trinajstić information content (AvgIpc) is 2.70.